The highest BCUT2D eigenvalue weighted by Crippen LogP contribution is 2.46. The summed E-state index contributed by atoms with van der Waals surface area (Å²) in [4.78, 5) is 2.47. The number of likely N-dealkylation sites (tertiary alicyclic amines) is 1. The molecule has 0 amide bonds. The van der Waals surface area contributed by atoms with Crippen molar-refractivity contribution in [2.75, 3.05) is 20.1 Å². The lowest BCUT2D eigenvalue weighted by molar-refractivity contribution is 0.0654. The molecule has 0 spiro atoms. The van der Waals surface area contributed by atoms with Gasteiger partial charge in [0.15, 0.2) is 0 Å². The van der Waals surface area contributed by atoms with E-state index in [1.807, 2.05) is 0 Å². The Bertz CT molecular complexity index is 758. The first kappa shape index (κ1) is 20.8. The minimum atomic E-state index is 0.0158. The van der Waals surface area contributed by atoms with Crippen LogP contribution >= 0.6 is 0 Å². The summed E-state index contributed by atoms with van der Waals surface area (Å²) in [5.41, 5.74) is 4.30. The molecule has 3 nitrogen and oxygen atoms in total. The van der Waals surface area contributed by atoms with Crippen LogP contribution in [-0.2, 0) is 6.42 Å². The largest absolute Gasteiger partial charge is 0.311 e. The van der Waals surface area contributed by atoms with Crippen LogP contribution in [0.4, 0.5) is 0 Å². The first-order valence-electron chi connectivity index (χ1n) is 10.8. The second-order valence-corrected chi connectivity index (χ2v) is 8.69. The zero-order chi connectivity index (χ0) is 20.1. The van der Waals surface area contributed by atoms with Crippen LogP contribution in [0.5, 0.6) is 0 Å². The molecule has 1 aliphatic carbocycles. The van der Waals surface area contributed by atoms with Gasteiger partial charge in [-0.25, -0.2) is 0 Å². The first-order valence-corrected chi connectivity index (χ1v) is 10.8. The smallest absolute Gasteiger partial charge is 0.0700 e. The average Bonchev–Trinajstić information content (AvgIpc) is 2.73. The molecule has 1 N–H and O–H groups in total. The summed E-state index contributed by atoms with van der Waals surface area (Å²) in [5.74, 6) is 0.0158. The van der Waals surface area contributed by atoms with Gasteiger partial charge in [-0.3, -0.25) is 0 Å². The molecular formula is C25H35N3. The summed E-state index contributed by atoms with van der Waals surface area (Å²) in [6.45, 7) is 9.08. The Kier molecular flexibility index (Phi) is 6.75. The Balaban J connectivity index is 1.84. The second-order valence-electron chi connectivity index (χ2n) is 8.69. The topological polar surface area (TPSA) is 39.1 Å². The molecule has 1 fully saturated rings. The third kappa shape index (κ3) is 4.24. The Morgan fingerprint density at radius 1 is 1.29 bits per heavy atom. The number of allylic oxidation sites excluding steroid dienone is 3. The Labute approximate surface area is 171 Å². The summed E-state index contributed by atoms with van der Waals surface area (Å²) >= 11 is 0. The van der Waals surface area contributed by atoms with E-state index in [1.165, 1.54) is 16.7 Å². The zero-order valence-electron chi connectivity index (χ0n) is 17.9. The highest BCUT2D eigenvalue weighted by atomic mass is 15.2. The maximum absolute atomic E-state index is 9.53. The van der Waals surface area contributed by atoms with Crippen molar-refractivity contribution >= 4 is 0 Å². The molecule has 4 atom stereocenters. The van der Waals surface area contributed by atoms with E-state index >= 15 is 0 Å². The predicted molar refractivity (Wildman–Crippen MR) is 117 cm³/mol. The van der Waals surface area contributed by atoms with Crippen molar-refractivity contribution in [1.29, 1.82) is 5.26 Å². The van der Waals surface area contributed by atoms with E-state index < -0.39 is 0 Å². The van der Waals surface area contributed by atoms with Crippen molar-refractivity contribution in [3.8, 4) is 6.07 Å². The monoisotopic (exact) mass is 377 g/mol. The van der Waals surface area contributed by atoms with E-state index in [2.05, 4.69) is 86.6 Å². The van der Waals surface area contributed by atoms with Crippen molar-refractivity contribution in [1.82, 2.24) is 10.2 Å². The summed E-state index contributed by atoms with van der Waals surface area (Å²) in [7, 11) is 2.24. The van der Waals surface area contributed by atoms with Gasteiger partial charge in [0.2, 0.25) is 0 Å². The molecule has 0 saturated carbocycles. The van der Waals surface area contributed by atoms with Gasteiger partial charge in [-0.15, -0.1) is 0 Å². The van der Waals surface area contributed by atoms with Crippen LogP contribution < -0.4 is 5.32 Å². The van der Waals surface area contributed by atoms with Gasteiger partial charge in [0, 0.05) is 17.5 Å². The third-order valence-corrected chi connectivity index (χ3v) is 6.96. The Morgan fingerprint density at radius 2 is 2.04 bits per heavy atom. The number of benzene rings is 1. The molecule has 1 aromatic carbocycles. The van der Waals surface area contributed by atoms with Crippen LogP contribution in [-0.4, -0.2) is 37.1 Å². The summed E-state index contributed by atoms with van der Waals surface area (Å²) in [6.07, 6.45) is 8.67. The molecule has 0 aromatic heterocycles. The van der Waals surface area contributed by atoms with Gasteiger partial charge < -0.3 is 10.2 Å². The van der Waals surface area contributed by atoms with Gasteiger partial charge in [-0.2, -0.15) is 5.26 Å². The predicted octanol–water partition coefficient (Wildman–Crippen LogP) is 4.72. The molecule has 1 aliphatic heterocycles. The lowest BCUT2D eigenvalue weighted by Crippen LogP contribution is -2.61. The molecule has 150 valence electrons. The fourth-order valence-corrected chi connectivity index (χ4v) is 5.01. The maximum Gasteiger partial charge on any atom is 0.0700 e. The van der Waals surface area contributed by atoms with E-state index in [0.29, 0.717) is 12.1 Å². The molecule has 0 bridgehead atoms. The van der Waals surface area contributed by atoms with Crippen LogP contribution in [0, 0.1) is 22.7 Å². The number of piperidine rings is 1. The minimum Gasteiger partial charge on any atom is -0.311 e. The number of nitrogens with zero attached hydrogens (tertiary/aromatic N) is 2. The van der Waals surface area contributed by atoms with Gasteiger partial charge in [0.1, 0.15) is 0 Å². The normalized spacial score (nSPS) is 31.0. The number of hydrogen-bond acceptors (Lipinski definition) is 3. The van der Waals surface area contributed by atoms with Gasteiger partial charge in [0.05, 0.1) is 12.0 Å². The zero-order valence-corrected chi connectivity index (χ0v) is 17.9. The molecule has 1 aromatic rings. The van der Waals surface area contributed by atoms with E-state index in [0.717, 1.165) is 38.8 Å². The SMILES string of the molecule is CCC1=CCC(C#N)C=C1[C@@]1(C)CCN(C)[C@H](C)[C@@H]1NCCc1ccccc1. The molecule has 2 aliphatic rings. The third-order valence-electron chi connectivity index (χ3n) is 6.96. The van der Waals surface area contributed by atoms with Crippen molar-refractivity contribution in [3.63, 3.8) is 0 Å². The summed E-state index contributed by atoms with van der Waals surface area (Å²) < 4.78 is 0. The quantitative estimate of drug-likeness (QED) is 0.779. The average molecular weight is 378 g/mol. The van der Waals surface area contributed by atoms with Gasteiger partial charge in [0.25, 0.3) is 0 Å². The van der Waals surface area contributed by atoms with E-state index in [4.69, 9.17) is 0 Å². The maximum atomic E-state index is 9.53. The van der Waals surface area contributed by atoms with Crippen molar-refractivity contribution < 1.29 is 0 Å². The number of hydrogen-bond donors (Lipinski definition) is 1. The number of rotatable bonds is 6. The number of nitrogens with one attached hydrogen (secondary N) is 1. The molecule has 3 heteroatoms. The Morgan fingerprint density at radius 3 is 2.71 bits per heavy atom. The molecule has 1 unspecified atom stereocenters. The van der Waals surface area contributed by atoms with Crippen LogP contribution in [0.2, 0.25) is 0 Å². The number of likely N-dealkylation sites (N-methyl/N-ethyl adjacent to an activating group) is 1. The van der Waals surface area contributed by atoms with Gasteiger partial charge in [-0.1, -0.05) is 56.3 Å². The molecule has 1 saturated heterocycles. The van der Waals surface area contributed by atoms with Crippen molar-refractivity contribution in [2.24, 2.45) is 11.3 Å². The van der Waals surface area contributed by atoms with Crippen molar-refractivity contribution in [3.05, 3.63) is 59.2 Å². The molecular weight excluding hydrogens is 342 g/mol. The second kappa shape index (κ2) is 9.07. The van der Waals surface area contributed by atoms with E-state index in [-0.39, 0.29) is 11.3 Å². The molecule has 3 rings (SSSR count). The van der Waals surface area contributed by atoms with Crippen LogP contribution in [0.15, 0.2) is 53.6 Å². The summed E-state index contributed by atoms with van der Waals surface area (Å²) in [5, 5.41) is 13.5. The lowest BCUT2D eigenvalue weighted by atomic mass is 9.64. The van der Waals surface area contributed by atoms with Gasteiger partial charge in [-0.05, 0) is 69.5 Å². The lowest BCUT2D eigenvalue weighted by Gasteiger charge is -2.52. The molecule has 28 heavy (non-hydrogen) atoms. The van der Waals surface area contributed by atoms with E-state index in [9.17, 15) is 5.26 Å². The van der Waals surface area contributed by atoms with E-state index in [1.54, 1.807) is 0 Å². The minimum absolute atomic E-state index is 0.0158. The summed E-state index contributed by atoms with van der Waals surface area (Å²) in [6, 6.07) is 14.0. The van der Waals surface area contributed by atoms with Crippen LogP contribution in [0.25, 0.3) is 0 Å². The van der Waals surface area contributed by atoms with Crippen LogP contribution in [0.1, 0.15) is 45.6 Å². The fourth-order valence-electron chi connectivity index (χ4n) is 5.01. The van der Waals surface area contributed by atoms with Crippen molar-refractivity contribution in [2.45, 2.75) is 58.5 Å². The highest BCUT2D eigenvalue weighted by Gasteiger charge is 2.46. The van der Waals surface area contributed by atoms with Crippen LogP contribution in [0.3, 0.4) is 0 Å². The standard InChI is InChI=1S/C25H35N3/c1-5-22-12-11-21(18-26)17-23(22)25(3)14-16-28(4)19(2)24(25)27-15-13-20-9-7-6-8-10-20/h6-10,12,17,19,21,24,27H,5,11,13-16H2,1-4H3/t19-,21?,24+,25-/m1/s1. The molecule has 1 heterocycles. The molecule has 0 radical (unpaired) electrons. The number of nitriles is 1. The fraction of sp³-hybridized carbons (Fsp3) is 0.560. The highest BCUT2D eigenvalue weighted by molar-refractivity contribution is 5.42. The first-order chi connectivity index (χ1) is 13.5. The Hall–Kier alpha value is -1.89. The van der Waals surface area contributed by atoms with Gasteiger partial charge >= 0.3 is 0 Å².